The topological polar surface area (TPSA) is 67.5 Å². The van der Waals surface area contributed by atoms with Gasteiger partial charge in [-0.25, -0.2) is 0 Å². The molecule has 6 nitrogen and oxygen atoms in total. The molecule has 0 saturated carbocycles. The Labute approximate surface area is 128 Å². The van der Waals surface area contributed by atoms with E-state index in [1.807, 2.05) is 17.0 Å². The summed E-state index contributed by atoms with van der Waals surface area (Å²) in [6.07, 6.45) is 2.71. The van der Waals surface area contributed by atoms with Crippen LogP contribution in [0, 0.1) is 0 Å². The second-order valence-electron chi connectivity index (χ2n) is 5.61. The van der Waals surface area contributed by atoms with E-state index in [1.165, 1.54) is 0 Å². The van der Waals surface area contributed by atoms with Crippen LogP contribution in [0.4, 0.5) is 0 Å². The molecule has 114 valence electrons. The standard InChI is InChI=1S/C16H17N3O3/c20-16(11-1-2-14-15(9-11)22-8-7-21-14)19-6-4-12(10-19)13-3-5-17-18-13/h1-3,5,9,12H,4,6-8,10H2,(H,17,18)/t12-/m0/s1. The molecule has 0 spiro atoms. The summed E-state index contributed by atoms with van der Waals surface area (Å²) in [5.41, 5.74) is 1.74. The lowest BCUT2D eigenvalue weighted by atomic mass is 10.1. The number of hydrogen-bond acceptors (Lipinski definition) is 4. The van der Waals surface area contributed by atoms with E-state index in [0.717, 1.165) is 25.2 Å². The number of carbonyl (C=O) groups excluding carboxylic acids is 1. The Kier molecular flexibility index (Phi) is 3.21. The SMILES string of the molecule is O=C(c1ccc2c(c1)OCCO2)N1CC[C@H](c2ccn[nH]2)C1. The number of aromatic amines is 1. The Morgan fingerprint density at radius 2 is 2.09 bits per heavy atom. The quantitative estimate of drug-likeness (QED) is 0.918. The Hall–Kier alpha value is -2.50. The molecule has 0 aliphatic carbocycles. The molecule has 0 radical (unpaired) electrons. The molecule has 0 unspecified atom stereocenters. The van der Waals surface area contributed by atoms with Crippen molar-refractivity contribution in [2.45, 2.75) is 12.3 Å². The number of nitrogens with zero attached hydrogens (tertiary/aromatic N) is 2. The fourth-order valence-electron chi connectivity index (χ4n) is 3.05. The largest absolute Gasteiger partial charge is 0.486 e. The molecule has 1 amide bonds. The maximum atomic E-state index is 12.7. The lowest BCUT2D eigenvalue weighted by molar-refractivity contribution is 0.0789. The summed E-state index contributed by atoms with van der Waals surface area (Å²) in [5.74, 6) is 1.74. The second-order valence-corrected chi connectivity index (χ2v) is 5.61. The van der Waals surface area contributed by atoms with Gasteiger partial charge in [0, 0.05) is 36.5 Å². The molecule has 2 aromatic rings. The molecular formula is C16H17N3O3. The molecular weight excluding hydrogens is 282 g/mol. The van der Waals surface area contributed by atoms with E-state index < -0.39 is 0 Å². The van der Waals surface area contributed by atoms with Crippen molar-refractivity contribution in [3.63, 3.8) is 0 Å². The van der Waals surface area contributed by atoms with E-state index in [2.05, 4.69) is 10.2 Å². The van der Waals surface area contributed by atoms with Gasteiger partial charge in [-0.15, -0.1) is 0 Å². The highest BCUT2D eigenvalue weighted by Gasteiger charge is 2.29. The predicted molar refractivity (Wildman–Crippen MR) is 79.3 cm³/mol. The number of ether oxygens (including phenoxy) is 2. The summed E-state index contributed by atoms with van der Waals surface area (Å²) in [7, 11) is 0. The summed E-state index contributed by atoms with van der Waals surface area (Å²) < 4.78 is 11.0. The van der Waals surface area contributed by atoms with Crippen molar-refractivity contribution in [3.8, 4) is 11.5 Å². The highest BCUT2D eigenvalue weighted by atomic mass is 16.6. The Morgan fingerprint density at radius 3 is 2.91 bits per heavy atom. The Morgan fingerprint density at radius 1 is 1.23 bits per heavy atom. The number of amides is 1. The second kappa shape index (κ2) is 5.36. The highest BCUT2D eigenvalue weighted by Crippen LogP contribution is 2.32. The fourth-order valence-corrected chi connectivity index (χ4v) is 3.05. The molecule has 0 bridgehead atoms. The van der Waals surface area contributed by atoms with Crippen LogP contribution >= 0.6 is 0 Å². The third-order valence-electron chi connectivity index (χ3n) is 4.23. The highest BCUT2D eigenvalue weighted by molar-refractivity contribution is 5.95. The van der Waals surface area contributed by atoms with Crippen LogP contribution in [-0.2, 0) is 0 Å². The van der Waals surface area contributed by atoms with Crippen LogP contribution in [0.3, 0.4) is 0 Å². The molecule has 6 heteroatoms. The van der Waals surface area contributed by atoms with Gasteiger partial charge in [0.15, 0.2) is 11.5 Å². The molecule has 1 aromatic heterocycles. The van der Waals surface area contributed by atoms with Crippen LogP contribution in [0.5, 0.6) is 11.5 Å². The smallest absolute Gasteiger partial charge is 0.254 e. The van der Waals surface area contributed by atoms with Crippen molar-refractivity contribution in [2.24, 2.45) is 0 Å². The maximum Gasteiger partial charge on any atom is 0.254 e. The van der Waals surface area contributed by atoms with Crippen molar-refractivity contribution in [1.82, 2.24) is 15.1 Å². The van der Waals surface area contributed by atoms with Crippen LogP contribution < -0.4 is 9.47 Å². The molecule has 4 rings (SSSR count). The first-order valence-corrected chi connectivity index (χ1v) is 7.49. The first kappa shape index (κ1) is 13.2. The lowest BCUT2D eigenvalue weighted by Crippen LogP contribution is -2.28. The number of carbonyl (C=O) groups is 1. The van der Waals surface area contributed by atoms with Gasteiger partial charge in [0.2, 0.25) is 0 Å². The van der Waals surface area contributed by atoms with Crippen molar-refractivity contribution in [2.75, 3.05) is 26.3 Å². The van der Waals surface area contributed by atoms with Gasteiger partial charge in [-0.1, -0.05) is 0 Å². The van der Waals surface area contributed by atoms with Gasteiger partial charge in [0.25, 0.3) is 5.91 Å². The zero-order chi connectivity index (χ0) is 14.9. The van der Waals surface area contributed by atoms with Gasteiger partial charge in [-0.2, -0.15) is 5.10 Å². The number of nitrogens with one attached hydrogen (secondary N) is 1. The Bertz CT molecular complexity index is 684. The average molecular weight is 299 g/mol. The van der Waals surface area contributed by atoms with E-state index in [-0.39, 0.29) is 5.91 Å². The molecule has 1 atom stereocenters. The minimum Gasteiger partial charge on any atom is -0.486 e. The third-order valence-corrected chi connectivity index (χ3v) is 4.23. The summed E-state index contributed by atoms with van der Waals surface area (Å²) >= 11 is 0. The number of hydrogen-bond donors (Lipinski definition) is 1. The fraction of sp³-hybridized carbons (Fsp3) is 0.375. The van der Waals surface area contributed by atoms with E-state index in [0.29, 0.717) is 36.2 Å². The first-order chi connectivity index (χ1) is 10.8. The molecule has 2 aliphatic heterocycles. The van der Waals surface area contributed by atoms with Gasteiger partial charge in [-0.05, 0) is 30.7 Å². The maximum absolute atomic E-state index is 12.7. The molecule has 22 heavy (non-hydrogen) atoms. The zero-order valence-electron chi connectivity index (χ0n) is 12.1. The van der Waals surface area contributed by atoms with Crippen LogP contribution in [0.25, 0.3) is 0 Å². The van der Waals surface area contributed by atoms with Gasteiger partial charge in [0.1, 0.15) is 13.2 Å². The van der Waals surface area contributed by atoms with Crippen LogP contribution in [-0.4, -0.2) is 47.3 Å². The number of likely N-dealkylation sites (tertiary alicyclic amines) is 1. The number of benzene rings is 1. The van der Waals surface area contributed by atoms with Crippen molar-refractivity contribution >= 4 is 5.91 Å². The lowest BCUT2D eigenvalue weighted by Gasteiger charge is -2.20. The summed E-state index contributed by atoms with van der Waals surface area (Å²) in [5, 5.41) is 6.98. The van der Waals surface area contributed by atoms with Crippen molar-refractivity contribution in [1.29, 1.82) is 0 Å². The van der Waals surface area contributed by atoms with Crippen molar-refractivity contribution in [3.05, 3.63) is 41.7 Å². The zero-order valence-corrected chi connectivity index (χ0v) is 12.1. The molecule has 3 heterocycles. The van der Waals surface area contributed by atoms with E-state index in [4.69, 9.17) is 9.47 Å². The summed E-state index contributed by atoms with van der Waals surface area (Å²) in [6.45, 7) is 2.56. The number of fused-ring (bicyclic) bond motifs is 1. The minimum atomic E-state index is 0.0407. The number of rotatable bonds is 2. The minimum absolute atomic E-state index is 0.0407. The monoisotopic (exact) mass is 299 g/mol. The predicted octanol–water partition coefficient (Wildman–Crippen LogP) is 1.81. The normalized spacial score (nSPS) is 20.2. The van der Waals surface area contributed by atoms with E-state index in [9.17, 15) is 4.79 Å². The third kappa shape index (κ3) is 2.30. The average Bonchev–Trinajstić information content (AvgIpc) is 3.24. The summed E-state index contributed by atoms with van der Waals surface area (Å²) in [4.78, 5) is 14.5. The molecule has 1 saturated heterocycles. The van der Waals surface area contributed by atoms with Crippen LogP contribution in [0.2, 0.25) is 0 Å². The molecule has 1 N–H and O–H groups in total. The van der Waals surface area contributed by atoms with Gasteiger partial charge in [-0.3, -0.25) is 9.89 Å². The number of aromatic nitrogens is 2. The van der Waals surface area contributed by atoms with E-state index in [1.54, 1.807) is 18.3 Å². The molecule has 2 aliphatic rings. The first-order valence-electron chi connectivity index (χ1n) is 7.49. The van der Waals surface area contributed by atoms with E-state index >= 15 is 0 Å². The summed E-state index contributed by atoms with van der Waals surface area (Å²) in [6, 6.07) is 7.37. The molecule has 1 fully saturated rings. The van der Waals surface area contributed by atoms with Crippen molar-refractivity contribution < 1.29 is 14.3 Å². The number of H-pyrrole nitrogens is 1. The van der Waals surface area contributed by atoms with Crippen LogP contribution in [0.1, 0.15) is 28.4 Å². The van der Waals surface area contributed by atoms with Gasteiger partial charge in [0.05, 0.1) is 0 Å². The van der Waals surface area contributed by atoms with Gasteiger partial charge >= 0.3 is 0 Å². The van der Waals surface area contributed by atoms with Gasteiger partial charge < -0.3 is 14.4 Å². The van der Waals surface area contributed by atoms with Crippen LogP contribution in [0.15, 0.2) is 30.5 Å². The Balaban J connectivity index is 1.50. The molecule has 1 aromatic carbocycles.